The maximum atomic E-state index is 13.4. The van der Waals surface area contributed by atoms with Gasteiger partial charge in [-0.25, -0.2) is 19.0 Å². The van der Waals surface area contributed by atoms with E-state index in [0.29, 0.717) is 18.9 Å². The van der Waals surface area contributed by atoms with Gasteiger partial charge in [0.2, 0.25) is 5.91 Å². The third kappa shape index (κ3) is 3.60. The number of halogens is 1. The SMILES string of the molecule is Cc1cc(C)nc(-n2nc(C)c(CC(=O)N3CCC=C(F)C3)c2C)n1. The summed E-state index contributed by atoms with van der Waals surface area (Å²) in [5.41, 5.74) is 4.18. The number of rotatable bonds is 3. The molecular weight excluding hydrogens is 321 g/mol. The van der Waals surface area contributed by atoms with E-state index < -0.39 is 0 Å². The van der Waals surface area contributed by atoms with Crippen molar-refractivity contribution in [2.45, 2.75) is 40.5 Å². The predicted molar refractivity (Wildman–Crippen MR) is 92.2 cm³/mol. The molecule has 25 heavy (non-hydrogen) atoms. The highest BCUT2D eigenvalue weighted by atomic mass is 19.1. The molecule has 0 spiro atoms. The Morgan fingerprint density at radius 1 is 1.20 bits per heavy atom. The van der Waals surface area contributed by atoms with Crippen LogP contribution in [-0.4, -0.2) is 43.6 Å². The minimum atomic E-state index is -0.243. The van der Waals surface area contributed by atoms with Gasteiger partial charge in [-0.1, -0.05) is 0 Å². The lowest BCUT2D eigenvalue weighted by Crippen LogP contribution is -2.36. The Hall–Kier alpha value is -2.57. The van der Waals surface area contributed by atoms with E-state index >= 15 is 0 Å². The van der Waals surface area contributed by atoms with Crippen LogP contribution in [0.15, 0.2) is 18.0 Å². The second-order valence-electron chi connectivity index (χ2n) is 6.44. The molecule has 1 aliphatic heterocycles. The Bertz CT molecular complexity index is 835. The van der Waals surface area contributed by atoms with Crippen LogP contribution in [0.5, 0.6) is 0 Å². The van der Waals surface area contributed by atoms with Gasteiger partial charge in [-0.3, -0.25) is 4.79 Å². The van der Waals surface area contributed by atoms with E-state index in [-0.39, 0.29) is 24.7 Å². The molecule has 7 heteroatoms. The number of amides is 1. The summed E-state index contributed by atoms with van der Waals surface area (Å²) in [7, 11) is 0. The maximum absolute atomic E-state index is 13.4. The van der Waals surface area contributed by atoms with Crippen molar-refractivity contribution in [2.75, 3.05) is 13.1 Å². The summed E-state index contributed by atoms with van der Waals surface area (Å²) in [6.07, 6.45) is 2.30. The smallest absolute Gasteiger partial charge is 0.251 e. The molecule has 0 bridgehead atoms. The molecule has 0 saturated heterocycles. The highest BCUT2D eigenvalue weighted by Crippen LogP contribution is 2.19. The Labute approximate surface area is 146 Å². The van der Waals surface area contributed by atoms with Crippen molar-refractivity contribution in [3.63, 3.8) is 0 Å². The zero-order valence-corrected chi connectivity index (χ0v) is 15.0. The van der Waals surface area contributed by atoms with Crippen LogP contribution < -0.4 is 0 Å². The molecule has 1 aliphatic rings. The summed E-state index contributed by atoms with van der Waals surface area (Å²) >= 11 is 0. The summed E-state index contributed by atoms with van der Waals surface area (Å²) in [4.78, 5) is 23.0. The maximum Gasteiger partial charge on any atom is 0.251 e. The van der Waals surface area contributed by atoms with Gasteiger partial charge in [0.05, 0.1) is 18.7 Å². The van der Waals surface area contributed by atoms with E-state index in [2.05, 4.69) is 15.1 Å². The van der Waals surface area contributed by atoms with Gasteiger partial charge in [-0.2, -0.15) is 5.10 Å². The van der Waals surface area contributed by atoms with Crippen LogP contribution >= 0.6 is 0 Å². The summed E-state index contributed by atoms with van der Waals surface area (Å²) in [6, 6.07) is 1.90. The number of nitrogens with zero attached hydrogens (tertiary/aromatic N) is 5. The molecule has 3 rings (SSSR count). The van der Waals surface area contributed by atoms with Crippen LogP contribution in [0.1, 0.15) is 34.8 Å². The summed E-state index contributed by atoms with van der Waals surface area (Å²) in [6.45, 7) is 8.20. The van der Waals surface area contributed by atoms with Crippen LogP contribution in [0.4, 0.5) is 4.39 Å². The quantitative estimate of drug-likeness (QED) is 0.859. The Kier molecular flexibility index (Phi) is 4.65. The first-order chi connectivity index (χ1) is 11.8. The average molecular weight is 343 g/mol. The zero-order valence-electron chi connectivity index (χ0n) is 15.0. The number of aromatic nitrogens is 4. The first-order valence-electron chi connectivity index (χ1n) is 8.35. The molecule has 1 amide bonds. The second-order valence-corrected chi connectivity index (χ2v) is 6.44. The van der Waals surface area contributed by atoms with Crippen molar-refractivity contribution < 1.29 is 9.18 Å². The topological polar surface area (TPSA) is 63.9 Å². The van der Waals surface area contributed by atoms with Gasteiger partial charge in [-0.15, -0.1) is 0 Å². The summed E-state index contributed by atoms with van der Waals surface area (Å²) in [5, 5.41) is 4.51. The van der Waals surface area contributed by atoms with Crippen molar-refractivity contribution in [1.29, 1.82) is 0 Å². The highest BCUT2D eigenvalue weighted by Gasteiger charge is 2.22. The number of carbonyl (C=O) groups excluding carboxylic acids is 1. The van der Waals surface area contributed by atoms with Crippen molar-refractivity contribution in [1.82, 2.24) is 24.6 Å². The van der Waals surface area contributed by atoms with Crippen molar-refractivity contribution in [3.8, 4) is 5.95 Å². The van der Waals surface area contributed by atoms with E-state index in [0.717, 1.165) is 28.3 Å². The molecule has 0 aliphatic carbocycles. The molecule has 0 N–H and O–H groups in total. The average Bonchev–Trinajstić information content (AvgIpc) is 2.82. The Morgan fingerprint density at radius 3 is 2.52 bits per heavy atom. The number of hydrogen-bond acceptors (Lipinski definition) is 4. The minimum absolute atomic E-state index is 0.0608. The number of carbonyl (C=O) groups is 1. The first-order valence-corrected chi connectivity index (χ1v) is 8.35. The van der Waals surface area contributed by atoms with Crippen LogP contribution in [0.25, 0.3) is 5.95 Å². The molecule has 3 heterocycles. The molecule has 0 atom stereocenters. The fraction of sp³-hybridized carbons (Fsp3) is 0.444. The molecular formula is C18H22FN5O. The van der Waals surface area contributed by atoms with Gasteiger partial charge >= 0.3 is 0 Å². The first kappa shape index (κ1) is 17.3. The molecule has 2 aromatic rings. The van der Waals surface area contributed by atoms with Crippen LogP contribution in [-0.2, 0) is 11.2 Å². The molecule has 2 aromatic heterocycles. The van der Waals surface area contributed by atoms with E-state index in [9.17, 15) is 9.18 Å². The van der Waals surface area contributed by atoms with E-state index in [1.165, 1.54) is 6.08 Å². The van der Waals surface area contributed by atoms with Crippen LogP contribution in [0.2, 0.25) is 0 Å². The van der Waals surface area contributed by atoms with Gasteiger partial charge < -0.3 is 4.90 Å². The van der Waals surface area contributed by atoms with E-state index in [4.69, 9.17) is 0 Å². The third-order valence-electron chi connectivity index (χ3n) is 4.39. The molecule has 0 unspecified atom stereocenters. The van der Waals surface area contributed by atoms with Crippen molar-refractivity contribution in [3.05, 3.63) is 46.3 Å². The molecule has 132 valence electrons. The Morgan fingerprint density at radius 2 is 1.88 bits per heavy atom. The number of aryl methyl sites for hydroxylation is 3. The molecule has 0 fully saturated rings. The lowest BCUT2D eigenvalue weighted by atomic mass is 10.1. The zero-order chi connectivity index (χ0) is 18.1. The van der Waals surface area contributed by atoms with Gasteiger partial charge in [0.25, 0.3) is 5.95 Å². The molecule has 6 nitrogen and oxygen atoms in total. The normalized spacial score (nSPS) is 14.6. The van der Waals surface area contributed by atoms with Gasteiger partial charge in [0, 0.05) is 29.2 Å². The van der Waals surface area contributed by atoms with Gasteiger partial charge in [-0.05, 0) is 46.3 Å². The standard InChI is InChI=1S/C18H22FN5O/c1-11-8-12(2)21-18(20-11)24-14(4)16(13(3)22-24)9-17(25)23-7-5-6-15(19)10-23/h6,8H,5,7,9-10H2,1-4H3. The van der Waals surface area contributed by atoms with Crippen molar-refractivity contribution >= 4 is 5.91 Å². The number of hydrogen-bond donors (Lipinski definition) is 0. The van der Waals surface area contributed by atoms with E-state index in [1.807, 2.05) is 33.8 Å². The molecule has 0 aromatic carbocycles. The summed E-state index contributed by atoms with van der Waals surface area (Å²) in [5.74, 6) is 0.173. The molecule has 0 radical (unpaired) electrons. The van der Waals surface area contributed by atoms with Gasteiger partial charge in [0.15, 0.2) is 0 Å². The van der Waals surface area contributed by atoms with E-state index in [1.54, 1.807) is 9.58 Å². The third-order valence-corrected chi connectivity index (χ3v) is 4.39. The predicted octanol–water partition coefficient (Wildman–Crippen LogP) is 2.52. The lowest BCUT2D eigenvalue weighted by molar-refractivity contribution is -0.130. The second kappa shape index (κ2) is 6.74. The van der Waals surface area contributed by atoms with Crippen LogP contribution in [0.3, 0.4) is 0 Å². The minimum Gasteiger partial charge on any atom is -0.335 e. The monoisotopic (exact) mass is 343 g/mol. The van der Waals surface area contributed by atoms with Gasteiger partial charge in [0.1, 0.15) is 5.83 Å². The Balaban J connectivity index is 1.87. The largest absolute Gasteiger partial charge is 0.335 e. The fourth-order valence-corrected chi connectivity index (χ4v) is 3.11. The fourth-order valence-electron chi connectivity index (χ4n) is 3.11. The summed E-state index contributed by atoms with van der Waals surface area (Å²) < 4.78 is 15.1. The molecule has 0 saturated carbocycles. The lowest BCUT2D eigenvalue weighted by Gasteiger charge is -2.24. The van der Waals surface area contributed by atoms with Crippen molar-refractivity contribution in [2.24, 2.45) is 0 Å². The highest BCUT2D eigenvalue weighted by molar-refractivity contribution is 5.79. The van der Waals surface area contributed by atoms with Crippen LogP contribution in [0, 0.1) is 27.7 Å².